The van der Waals surface area contributed by atoms with Crippen molar-refractivity contribution in [1.82, 2.24) is 10.6 Å². The van der Waals surface area contributed by atoms with E-state index in [2.05, 4.69) is 10.6 Å². The van der Waals surface area contributed by atoms with Crippen LogP contribution in [-0.4, -0.2) is 30.4 Å². The predicted molar refractivity (Wildman–Crippen MR) is 79.2 cm³/mol. The predicted octanol–water partition coefficient (Wildman–Crippen LogP) is 2.31. The Morgan fingerprint density at radius 3 is 2.90 bits per heavy atom. The molecular weight excluding hydrogens is 280 g/mol. The van der Waals surface area contributed by atoms with Gasteiger partial charge in [-0.2, -0.15) is 0 Å². The van der Waals surface area contributed by atoms with Gasteiger partial charge in [0.25, 0.3) is 0 Å². The van der Waals surface area contributed by atoms with Gasteiger partial charge in [0.15, 0.2) is 0 Å². The number of ether oxygens (including phenoxy) is 1. The minimum Gasteiger partial charge on any atom is -0.493 e. The fourth-order valence-electron chi connectivity index (χ4n) is 1.68. The molecule has 0 aliphatic heterocycles. The molecule has 0 radical (unpaired) electrons. The molecule has 0 saturated heterocycles. The normalized spacial score (nSPS) is 11.8. The molecule has 2 amide bonds. The summed E-state index contributed by atoms with van der Waals surface area (Å²) >= 11 is 5.92. The number of carbonyl (C=O) groups is 1. The molecule has 5 nitrogen and oxygen atoms in total. The maximum Gasteiger partial charge on any atom is 0.315 e. The zero-order valence-corrected chi connectivity index (χ0v) is 12.5. The van der Waals surface area contributed by atoms with Crippen LogP contribution in [0, 0.1) is 0 Å². The van der Waals surface area contributed by atoms with E-state index in [-0.39, 0.29) is 18.7 Å². The van der Waals surface area contributed by atoms with E-state index in [0.29, 0.717) is 30.3 Å². The van der Waals surface area contributed by atoms with Crippen molar-refractivity contribution in [3.8, 4) is 5.75 Å². The first kappa shape index (κ1) is 16.6. The van der Waals surface area contributed by atoms with Crippen molar-refractivity contribution in [1.29, 1.82) is 0 Å². The Kier molecular flexibility index (Phi) is 7.18. The van der Waals surface area contributed by atoms with Crippen LogP contribution in [0.4, 0.5) is 4.79 Å². The van der Waals surface area contributed by atoms with Gasteiger partial charge in [-0.3, -0.25) is 0 Å². The third kappa shape index (κ3) is 5.67. The summed E-state index contributed by atoms with van der Waals surface area (Å²) in [7, 11) is 0. The lowest BCUT2D eigenvalue weighted by molar-refractivity contribution is 0.230. The molecule has 0 saturated carbocycles. The largest absolute Gasteiger partial charge is 0.493 e. The third-order valence-corrected chi connectivity index (χ3v) is 2.94. The van der Waals surface area contributed by atoms with E-state index in [1.165, 1.54) is 0 Å². The molecule has 0 aliphatic carbocycles. The van der Waals surface area contributed by atoms with Gasteiger partial charge >= 0.3 is 6.03 Å². The zero-order chi connectivity index (χ0) is 15.0. The Balaban J connectivity index is 2.54. The lowest BCUT2D eigenvalue weighted by Crippen LogP contribution is -2.40. The number of rotatable bonds is 7. The number of urea groups is 1. The molecule has 1 aromatic carbocycles. The summed E-state index contributed by atoms with van der Waals surface area (Å²) in [6.45, 7) is 4.66. The van der Waals surface area contributed by atoms with Crippen LogP contribution in [0.25, 0.3) is 0 Å². The standard InChI is InChI=1S/C14H21ClN2O3/c1-3-20-13-8-12(15)5-4-11(13)9-16-14(19)17-10(2)6-7-18/h4-5,8,10,18H,3,6-7,9H2,1-2H3,(H2,16,17,19)/t10-/m1/s1. The van der Waals surface area contributed by atoms with Gasteiger partial charge in [-0.25, -0.2) is 4.79 Å². The van der Waals surface area contributed by atoms with Gasteiger partial charge in [-0.05, 0) is 32.4 Å². The first-order valence-electron chi connectivity index (χ1n) is 6.63. The van der Waals surface area contributed by atoms with E-state index in [1.54, 1.807) is 12.1 Å². The molecule has 0 aliphatic rings. The summed E-state index contributed by atoms with van der Waals surface area (Å²) in [5.74, 6) is 0.670. The highest BCUT2D eigenvalue weighted by Gasteiger charge is 2.09. The van der Waals surface area contributed by atoms with Gasteiger partial charge in [0, 0.05) is 29.8 Å². The number of hydrogen-bond acceptors (Lipinski definition) is 3. The summed E-state index contributed by atoms with van der Waals surface area (Å²) in [4.78, 5) is 11.7. The van der Waals surface area contributed by atoms with Crippen LogP contribution in [0.1, 0.15) is 25.8 Å². The molecule has 0 heterocycles. The van der Waals surface area contributed by atoms with Crippen LogP contribution in [0.5, 0.6) is 5.75 Å². The summed E-state index contributed by atoms with van der Waals surface area (Å²) in [5, 5.41) is 14.9. The van der Waals surface area contributed by atoms with Crippen molar-refractivity contribution >= 4 is 17.6 Å². The van der Waals surface area contributed by atoms with Crippen LogP contribution in [0.3, 0.4) is 0 Å². The number of carbonyl (C=O) groups excluding carboxylic acids is 1. The topological polar surface area (TPSA) is 70.6 Å². The fourth-order valence-corrected chi connectivity index (χ4v) is 1.84. The number of halogens is 1. The average molecular weight is 301 g/mol. The Morgan fingerprint density at radius 2 is 2.25 bits per heavy atom. The molecule has 3 N–H and O–H groups in total. The second kappa shape index (κ2) is 8.66. The lowest BCUT2D eigenvalue weighted by atomic mass is 10.2. The van der Waals surface area contributed by atoms with Crippen LogP contribution < -0.4 is 15.4 Å². The SMILES string of the molecule is CCOc1cc(Cl)ccc1CNC(=O)N[C@H](C)CCO. The minimum atomic E-state index is -0.275. The number of hydrogen-bond donors (Lipinski definition) is 3. The maximum atomic E-state index is 11.7. The molecule has 0 spiro atoms. The van der Waals surface area contributed by atoms with E-state index in [4.69, 9.17) is 21.4 Å². The van der Waals surface area contributed by atoms with Crippen molar-refractivity contribution in [2.24, 2.45) is 0 Å². The van der Waals surface area contributed by atoms with Crippen LogP contribution in [-0.2, 0) is 6.54 Å². The van der Waals surface area contributed by atoms with Crippen molar-refractivity contribution < 1.29 is 14.6 Å². The van der Waals surface area contributed by atoms with Crippen molar-refractivity contribution in [2.45, 2.75) is 32.9 Å². The van der Waals surface area contributed by atoms with Gasteiger partial charge in [0.05, 0.1) is 6.61 Å². The molecule has 1 aromatic rings. The Morgan fingerprint density at radius 1 is 1.50 bits per heavy atom. The van der Waals surface area contributed by atoms with E-state index >= 15 is 0 Å². The van der Waals surface area contributed by atoms with Gasteiger partial charge in [-0.1, -0.05) is 17.7 Å². The van der Waals surface area contributed by atoms with Crippen molar-refractivity contribution in [3.63, 3.8) is 0 Å². The Hall–Kier alpha value is -1.46. The third-order valence-electron chi connectivity index (χ3n) is 2.71. The number of nitrogens with one attached hydrogen (secondary N) is 2. The highest BCUT2D eigenvalue weighted by Crippen LogP contribution is 2.23. The smallest absolute Gasteiger partial charge is 0.315 e. The van der Waals surface area contributed by atoms with Crippen LogP contribution in [0.15, 0.2) is 18.2 Å². The highest BCUT2D eigenvalue weighted by atomic mass is 35.5. The van der Waals surface area contributed by atoms with Crippen molar-refractivity contribution in [3.05, 3.63) is 28.8 Å². The zero-order valence-electron chi connectivity index (χ0n) is 11.8. The molecule has 20 heavy (non-hydrogen) atoms. The molecule has 0 bridgehead atoms. The fraction of sp³-hybridized carbons (Fsp3) is 0.500. The second-order valence-corrected chi connectivity index (χ2v) is 4.86. The maximum absolute atomic E-state index is 11.7. The Bertz CT molecular complexity index is 440. The number of aliphatic hydroxyl groups excluding tert-OH is 1. The molecule has 1 rings (SSSR count). The lowest BCUT2D eigenvalue weighted by Gasteiger charge is -2.15. The second-order valence-electron chi connectivity index (χ2n) is 4.43. The molecule has 0 fully saturated rings. The van der Waals surface area contributed by atoms with Crippen LogP contribution in [0.2, 0.25) is 5.02 Å². The first-order chi connectivity index (χ1) is 9.56. The molecular formula is C14H21ClN2O3. The summed E-state index contributed by atoms with van der Waals surface area (Å²) in [6.07, 6.45) is 0.526. The average Bonchev–Trinajstić information content (AvgIpc) is 2.38. The van der Waals surface area contributed by atoms with Crippen molar-refractivity contribution in [2.75, 3.05) is 13.2 Å². The van der Waals surface area contributed by atoms with Gasteiger partial charge < -0.3 is 20.5 Å². The highest BCUT2D eigenvalue weighted by molar-refractivity contribution is 6.30. The first-order valence-corrected chi connectivity index (χ1v) is 7.01. The minimum absolute atomic E-state index is 0.0487. The van der Waals surface area contributed by atoms with Gasteiger partial charge in [0.2, 0.25) is 0 Å². The summed E-state index contributed by atoms with van der Waals surface area (Å²) in [6, 6.07) is 4.96. The summed E-state index contributed by atoms with van der Waals surface area (Å²) < 4.78 is 5.48. The van der Waals surface area contributed by atoms with Gasteiger partial charge in [0.1, 0.15) is 5.75 Å². The molecule has 0 unspecified atom stereocenters. The number of amides is 2. The summed E-state index contributed by atoms with van der Waals surface area (Å²) in [5.41, 5.74) is 0.862. The van der Waals surface area contributed by atoms with E-state index in [1.807, 2.05) is 19.9 Å². The molecule has 112 valence electrons. The molecule has 1 atom stereocenters. The molecule has 0 aromatic heterocycles. The van der Waals surface area contributed by atoms with E-state index < -0.39 is 0 Å². The van der Waals surface area contributed by atoms with Gasteiger partial charge in [-0.15, -0.1) is 0 Å². The monoisotopic (exact) mass is 300 g/mol. The van der Waals surface area contributed by atoms with E-state index in [9.17, 15) is 4.79 Å². The quantitative estimate of drug-likeness (QED) is 0.723. The number of benzene rings is 1. The van der Waals surface area contributed by atoms with E-state index in [0.717, 1.165) is 5.56 Å². The molecule has 6 heteroatoms. The Labute approximate surface area is 124 Å². The number of aliphatic hydroxyl groups is 1. The van der Waals surface area contributed by atoms with Crippen LogP contribution >= 0.6 is 11.6 Å².